The second-order valence-corrected chi connectivity index (χ2v) is 6.44. The van der Waals surface area contributed by atoms with Crippen molar-refractivity contribution in [3.05, 3.63) is 53.1 Å². The maximum absolute atomic E-state index is 13.1. The van der Waals surface area contributed by atoms with E-state index in [0.29, 0.717) is 12.1 Å². The van der Waals surface area contributed by atoms with Crippen molar-refractivity contribution in [1.82, 2.24) is 9.88 Å². The van der Waals surface area contributed by atoms with Crippen molar-refractivity contribution >= 4 is 5.91 Å². The molecule has 0 saturated heterocycles. The number of halogens is 1. The summed E-state index contributed by atoms with van der Waals surface area (Å²) in [7, 11) is 0. The van der Waals surface area contributed by atoms with Gasteiger partial charge in [0.15, 0.2) is 0 Å². The molecular formula is C18H21FN2O2. The zero-order valence-electron chi connectivity index (χ0n) is 13.4. The molecule has 1 aromatic carbocycles. The molecule has 0 bridgehead atoms. The molecule has 0 atom stereocenters. The molecular weight excluding hydrogens is 295 g/mol. The zero-order chi connectivity index (χ0) is 16.6. The molecule has 5 heteroatoms. The van der Waals surface area contributed by atoms with Gasteiger partial charge in [-0.15, -0.1) is 0 Å². The van der Waals surface area contributed by atoms with Crippen LogP contribution in [-0.4, -0.2) is 28.7 Å². The van der Waals surface area contributed by atoms with Crippen LogP contribution in [0.15, 0.2) is 30.3 Å². The van der Waals surface area contributed by atoms with Gasteiger partial charge in [-0.2, -0.15) is 0 Å². The van der Waals surface area contributed by atoms with Gasteiger partial charge in [0.25, 0.3) is 5.91 Å². The van der Waals surface area contributed by atoms with Crippen LogP contribution in [0.1, 0.15) is 34.6 Å². The standard InChI is InChI=1S/C18H21FN2O2/c1-12-9-16(17(23)20-10-18(11-22)7-8-18)13(2)21(12)15-5-3-14(19)4-6-15/h3-6,9,22H,7-8,10-11H2,1-2H3,(H,20,23). The third-order valence-electron chi connectivity index (χ3n) is 4.68. The summed E-state index contributed by atoms with van der Waals surface area (Å²) in [6.07, 6.45) is 1.91. The van der Waals surface area contributed by atoms with E-state index in [1.807, 2.05) is 24.5 Å². The summed E-state index contributed by atoms with van der Waals surface area (Å²) in [5.41, 5.74) is 3.07. The quantitative estimate of drug-likeness (QED) is 0.891. The summed E-state index contributed by atoms with van der Waals surface area (Å²) in [5, 5.41) is 12.3. The number of aliphatic hydroxyl groups is 1. The number of aromatic nitrogens is 1. The third kappa shape index (κ3) is 3.01. The Labute approximate surface area is 134 Å². The maximum atomic E-state index is 13.1. The van der Waals surface area contributed by atoms with Gasteiger partial charge in [-0.1, -0.05) is 0 Å². The van der Waals surface area contributed by atoms with E-state index in [1.165, 1.54) is 12.1 Å². The summed E-state index contributed by atoms with van der Waals surface area (Å²) in [4.78, 5) is 12.4. The Morgan fingerprint density at radius 3 is 2.52 bits per heavy atom. The summed E-state index contributed by atoms with van der Waals surface area (Å²) in [6.45, 7) is 4.41. The average Bonchev–Trinajstić information content (AvgIpc) is 3.26. The van der Waals surface area contributed by atoms with Crippen molar-refractivity contribution < 1.29 is 14.3 Å². The number of carbonyl (C=O) groups excluding carboxylic acids is 1. The third-order valence-corrected chi connectivity index (χ3v) is 4.68. The fourth-order valence-electron chi connectivity index (χ4n) is 2.91. The minimum Gasteiger partial charge on any atom is -0.396 e. The molecule has 0 aliphatic heterocycles. The SMILES string of the molecule is Cc1cc(C(=O)NCC2(CO)CC2)c(C)n1-c1ccc(F)cc1. The minimum absolute atomic E-state index is 0.113. The number of hydrogen-bond donors (Lipinski definition) is 2. The first-order valence-corrected chi connectivity index (χ1v) is 7.80. The number of carbonyl (C=O) groups is 1. The van der Waals surface area contributed by atoms with E-state index in [2.05, 4.69) is 5.32 Å². The van der Waals surface area contributed by atoms with Gasteiger partial charge in [0.2, 0.25) is 0 Å². The molecule has 2 N–H and O–H groups in total. The van der Waals surface area contributed by atoms with E-state index in [9.17, 15) is 14.3 Å². The lowest BCUT2D eigenvalue weighted by molar-refractivity contribution is 0.0934. The lowest BCUT2D eigenvalue weighted by atomic mass is 10.1. The van der Waals surface area contributed by atoms with Crippen molar-refractivity contribution in [2.75, 3.05) is 13.2 Å². The van der Waals surface area contributed by atoms with Crippen LogP contribution in [0.5, 0.6) is 0 Å². The highest BCUT2D eigenvalue weighted by Crippen LogP contribution is 2.44. The van der Waals surface area contributed by atoms with E-state index < -0.39 is 0 Å². The number of nitrogens with one attached hydrogen (secondary N) is 1. The van der Waals surface area contributed by atoms with E-state index in [-0.39, 0.29) is 23.7 Å². The number of rotatable bonds is 5. The van der Waals surface area contributed by atoms with Crippen LogP contribution < -0.4 is 5.32 Å². The number of benzene rings is 1. The molecule has 4 nitrogen and oxygen atoms in total. The van der Waals surface area contributed by atoms with Crippen molar-refractivity contribution in [3.8, 4) is 5.69 Å². The molecule has 1 saturated carbocycles. The van der Waals surface area contributed by atoms with Crippen molar-refractivity contribution in [3.63, 3.8) is 0 Å². The molecule has 1 heterocycles. The fourth-order valence-corrected chi connectivity index (χ4v) is 2.91. The topological polar surface area (TPSA) is 54.3 Å². The Kier molecular flexibility index (Phi) is 3.98. The predicted molar refractivity (Wildman–Crippen MR) is 86.3 cm³/mol. The summed E-state index contributed by atoms with van der Waals surface area (Å²) in [6, 6.07) is 8.05. The number of nitrogens with zero attached hydrogens (tertiary/aromatic N) is 1. The maximum Gasteiger partial charge on any atom is 0.253 e. The Hall–Kier alpha value is -2.14. The first kappa shape index (κ1) is 15.7. The second kappa shape index (κ2) is 5.81. The van der Waals surface area contributed by atoms with E-state index in [0.717, 1.165) is 29.9 Å². The summed E-state index contributed by atoms with van der Waals surface area (Å²) in [5.74, 6) is -0.417. The van der Waals surface area contributed by atoms with Crippen molar-refractivity contribution in [1.29, 1.82) is 0 Å². The lowest BCUT2D eigenvalue weighted by Gasteiger charge is -2.13. The van der Waals surface area contributed by atoms with Gasteiger partial charge in [-0.3, -0.25) is 4.79 Å². The van der Waals surface area contributed by atoms with Gasteiger partial charge >= 0.3 is 0 Å². The van der Waals surface area contributed by atoms with Crippen molar-refractivity contribution in [2.45, 2.75) is 26.7 Å². The number of amides is 1. The molecule has 122 valence electrons. The van der Waals surface area contributed by atoms with Crippen LogP contribution in [0.3, 0.4) is 0 Å². The second-order valence-electron chi connectivity index (χ2n) is 6.44. The largest absolute Gasteiger partial charge is 0.396 e. The first-order valence-electron chi connectivity index (χ1n) is 7.80. The molecule has 0 unspecified atom stereocenters. The van der Waals surface area contributed by atoms with E-state index in [1.54, 1.807) is 12.1 Å². The molecule has 2 aromatic rings. The van der Waals surface area contributed by atoms with Crippen LogP contribution in [0.2, 0.25) is 0 Å². The number of hydrogen-bond acceptors (Lipinski definition) is 2. The normalized spacial score (nSPS) is 15.5. The predicted octanol–water partition coefficient (Wildman–Crippen LogP) is 2.74. The molecule has 0 spiro atoms. The Morgan fingerprint density at radius 1 is 1.30 bits per heavy atom. The Balaban J connectivity index is 1.82. The molecule has 3 rings (SSSR count). The number of aryl methyl sites for hydroxylation is 1. The van der Waals surface area contributed by atoms with Gasteiger partial charge in [-0.25, -0.2) is 4.39 Å². The average molecular weight is 316 g/mol. The zero-order valence-corrected chi connectivity index (χ0v) is 13.4. The van der Waals surface area contributed by atoms with Gasteiger partial charge < -0.3 is 15.0 Å². The van der Waals surface area contributed by atoms with Gasteiger partial charge in [0, 0.05) is 29.0 Å². The molecule has 1 aliphatic rings. The Bertz CT molecular complexity index is 730. The van der Waals surface area contributed by atoms with E-state index >= 15 is 0 Å². The molecule has 1 amide bonds. The highest BCUT2D eigenvalue weighted by molar-refractivity contribution is 5.96. The monoisotopic (exact) mass is 316 g/mol. The van der Waals surface area contributed by atoms with Crippen molar-refractivity contribution in [2.24, 2.45) is 5.41 Å². The van der Waals surface area contributed by atoms with Gasteiger partial charge in [0.1, 0.15) is 5.82 Å². The highest BCUT2D eigenvalue weighted by Gasteiger charge is 2.42. The first-order chi connectivity index (χ1) is 11.0. The smallest absolute Gasteiger partial charge is 0.253 e. The molecule has 1 aliphatic carbocycles. The van der Waals surface area contributed by atoms with Gasteiger partial charge in [-0.05, 0) is 57.0 Å². The van der Waals surface area contributed by atoms with Crippen LogP contribution in [-0.2, 0) is 0 Å². The van der Waals surface area contributed by atoms with Crippen LogP contribution in [0.4, 0.5) is 4.39 Å². The van der Waals surface area contributed by atoms with Crippen LogP contribution in [0.25, 0.3) is 5.69 Å². The molecule has 1 aromatic heterocycles. The fraction of sp³-hybridized carbons (Fsp3) is 0.389. The summed E-state index contributed by atoms with van der Waals surface area (Å²) < 4.78 is 15.0. The molecule has 23 heavy (non-hydrogen) atoms. The number of aliphatic hydroxyl groups excluding tert-OH is 1. The highest BCUT2D eigenvalue weighted by atomic mass is 19.1. The van der Waals surface area contributed by atoms with Gasteiger partial charge in [0.05, 0.1) is 12.2 Å². The Morgan fingerprint density at radius 2 is 1.96 bits per heavy atom. The van der Waals surface area contributed by atoms with Crippen LogP contribution in [0, 0.1) is 25.1 Å². The van der Waals surface area contributed by atoms with E-state index in [4.69, 9.17) is 0 Å². The minimum atomic E-state index is -0.284. The summed E-state index contributed by atoms with van der Waals surface area (Å²) >= 11 is 0. The van der Waals surface area contributed by atoms with Crippen LogP contribution >= 0.6 is 0 Å². The lowest BCUT2D eigenvalue weighted by Crippen LogP contribution is -2.32. The molecule has 0 radical (unpaired) electrons. The molecule has 1 fully saturated rings.